The van der Waals surface area contributed by atoms with Gasteiger partial charge in [-0.3, -0.25) is 9.59 Å². The van der Waals surface area contributed by atoms with Crippen LogP contribution >= 0.6 is 12.4 Å². The van der Waals surface area contributed by atoms with Crippen LogP contribution in [0.1, 0.15) is 51.4 Å². The SMILES string of the molecule is Cl.NC(=O)CC1CCCCN1C(=O)C[C@@H]1CCC[C@H]1N. The highest BCUT2D eigenvalue weighted by Gasteiger charge is 2.32. The van der Waals surface area contributed by atoms with Crippen molar-refractivity contribution in [2.45, 2.75) is 63.5 Å². The molecule has 0 aromatic rings. The third kappa shape index (κ3) is 4.35. The molecule has 1 aliphatic carbocycles. The van der Waals surface area contributed by atoms with Crippen molar-refractivity contribution < 1.29 is 9.59 Å². The Morgan fingerprint density at radius 2 is 1.80 bits per heavy atom. The first-order chi connectivity index (χ1) is 9.08. The Hall–Kier alpha value is -0.810. The molecule has 1 unspecified atom stereocenters. The Labute approximate surface area is 126 Å². The lowest BCUT2D eigenvalue weighted by Gasteiger charge is -2.36. The van der Waals surface area contributed by atoms with Gasteiger partial charge < -0.3 is 16.4 Å². The minimum absolute atomic E-state index is 0. The number of likely N-dealkylation sites (tertiary alicyclic amines) is 1. The van der Waals surface area contributed by atoms with Crippen LogP contribution in [0.4, 0.5) is 0 Å². The van der Waals surface area contributed by atoms with E-state index < -0.39 is 0 Å². The van der Waals surface area contributed by atoms with Gasteiger partial charge in [0.25, 0.3) is 0 Å². The van der Waals surface area contributed by atoms with E-state index in [1.165, 1.54) is 0 Å². The van der Waals surface area contributed by atoms with Crippen LogP contribution in [-0.2, 0) is 9.59 Å². The van der Waals surface area contributed by atoms with Crippen molar-refractivity contribution in [3.05, 3.63) is 0 Å². The number of carbonyl (C=O) groups is 2. The molecule has 0 radical (unpaired) electrons. The molecule has 0 aromatic carbocycles. The van der Waals surface area contributed by atoms with Crippen LogP contribution in [0.2, 0.25) is 0 Å². The number of nitrogens with two attached hydrogens (primary N) is 2. The summed E-state index contributed by atoms with van der Waals surface area (Å²) in [4.78, 5) is 25.4. The molecule has 0 spiro atoms. The molecular weight excluding hydrogens is 278 g/mol. The maximum atomic E-state index is 12.4. The van der Waals surface area contributed by atoms with Gasteiger partial charge in [0.05, 0.1) is 0 Å². The molecule has 1 saturated carbocycles. The monoisotopic (exact) mass is 303 g/mol. The second-order valence-corrected chi connectivity index (χ2v) is 5.97. The quantitative estimate of drug-likeness (QED) is 0.817. The first-order valence-corrected chi connectivity index (χ1v) is 7.41. The molecule has 116 valence electrons. The summed E-state index contributed by atoms with van der Waals surface area (Å²) in [5.41, 5.74) is 11.3. The van der Waals surface area contributed by atoms with E-state index in [0.717, 1.165) is 45.1 Å². The standard InChI is InChI=1S/C14H25N3O2.ClH/c15-12-6-3-4-10(12)8-14(19)17-7-2-1-5-11(17)9-13(16)18;/h10-12H,1-9,15H2,(H2,16,18);1H/t10-,11?,12+;/m0./s1. The van der Waals surface area contributed by atoms with Gasteiger partial charge in [-0.1, -0.05) is 6.42 Å². The molecule has 20 heavy (non-hydrogen) atoms. The Morgan fingerprint density at radius 1 is 1.05 bits per heavy atom. The van der Waals surface area contributed by atoms with Crippen LogP contribution in [0.15, 0.2) is 0 Å². The van der Waals surface area contributed by atoms with Gasteiger partial charge in [0.15, 0.2) is 0 Å². The van der Waals surface area contributed by atoms with Crippen LogP contribution in [0.25, 0.3) is 0 Å². The average molecular weight is 304 g/mol. The maximum Gasteiger partial charge on any atom is 0.223 e. The van der Waals surface area contributed by atoms with E-state index in [1.807, 2.05) is 4.90 Å². The van der Waals surface area contributed by atoms with E-state index in [4.69, 9.17) is 11.5 Å². The number of hydrogen-bond donors (Lipinski definition) is 2. The van der Waals surface area contributed by atoms with E-state index in [9.17, 15) is 9.59 Å². The molecule has 5 nitrogen and oxygen atoms in total. The van der Waals surface area contributed by atoms with Crippen LogP contribution in [0, 0.1) is 5.92 Å². The summed E-state index contributed by atoms with van der Waals surface area (Å²) in [5.74, 6) is 0.166. The number of rotatable bonds is 4. The van der Waals surface area contributed by atoms with Gasteiger partial charge in [0.2, 0.25) is 11.8 Å². The number of hydrogen-bond acceptors (Lipinski definition) is 3. The molecule has 0 aromatic heterocycles. The zero-order valence-corrected chi connectivity index (χ0v) is 12.7. The van der Waals surface area contributed by atoms with Gasteiger partial charge in [-0.25, -0.2) is 0 Å². The molecule has 6 heteroatoms. The summed E-state index contributed by atoms with van der Waals surface area (Å²) in [7, 11) is 0. The van der Waals surface area contributed by atoms with E-state index in [0.29, 0.717) is 18.8 Å². The van der Waals surface area contributed by atoms with Gasteiger partial charge >= 0.3 is 0 Å². The molecule has 2 aliphatic rings. The Morgan fingerprint density at radius 3 is 2.40 bits per heavy atom. The molecule has 2 amide bonds. The van der Waals surface area contributed by atoms with Crippen molar-refractivity contribution in [1.29, 1.82) is 0 Å². The van der Waals surface area contributed by atoms with Gasteiger partial charge in [0.1, 0.15) is 0 Å². The number of piperidine rings is 1. The maximum absolute atomic E-state index is 12.4. The molecule has 1 aliphatic heterocycles. The van der Waals surface area contributed by atoms with Crippen LogP contribution in [0.5, 0.6) is 0 Å². The second-order valence-electron chi connectivity index (χ2n) is 5.97. The van der Waals surface area contributed by atoms with Crippen LogP contribution in [-0.4, -0.2) is 35.3 Å². The van der Waals surface area contributed by atoms with E-state index in [-0.39, 0.29) is 36.3 Å². The van der Waals surface area contributed by atoms with E-state index in [2.05, 4.69) is 0 Å². The molecule has 1 heterocycles. The smallest absolute Gasteiger partial charge is 0.223 e. The molecule has 2 rings (SSSR count). The summed E-state index contributed by atoms with van der Waals surface area (Å²) in [5, 5.41) is 0. The molecular formula is C14H26ClN3O2. The lowest BCUT2D eigenvalue weighted by atomic mass is 9.95. The van der Waals surface area contributed by atoms with Crippen molar-refractivity contribution in [2.24, 2.45) is 17.4 Å². The van der Waals surface area contributed by atoms with E-state index in [1.54, 1.807) is 0 Å². The molecule has 0 bridgehead atoms. The Bertz CT molecular complexity index is 351. The largest absolute Gasteiger partial charge is 0.370 e. The Kier molecular flexibility index (Phi) is 6.76. The highest BCUT2D eigenvalue weighted by atomic mass is 35.5. The highest BCUT2D eigenvalue weighted by Crippen LogP contribution is 2.29. The van der Waals surface area contributed by atoms with Gasteiger partial charge in [-0.05, 0) is 38.0 Å². The van der Waals surface area contributed by atoms with Gasteiger partial charge in [-0.15, -0.1) is 12.4 Å². The zero-order valence-electron chi connectivity index (χ0n) is 11.9. The number of amides is 2. The third-order valence-electron chi connectivity index (χ3n) is 4.54. The molecule has 1 saturated heterocycles. The van der Waals surface area contributed by atoms with Crippen molar-refractivity contribution >= 4 is 24.2 Å². The Balaban J connectivity index is 0.00000200. The zero-order chi connectivity index (χ0) is 13.8. The average Bonchev–Trinajstić information content (AvgIpc) is 2.75. The molecule has 4 N–H and O–H groups in total. The molecule has 3 atom stereocenters. The second kappa shape index (κ2) is 7.84. The van der Waals surface area contributed by atoms with Crippen LogP contribution in [0.3, 0.4) is 0 Å². The van der Waals surface area contributed by atoms with Crippen molar-refractivity contribution in [3.8, 4) is 0 Å². The topological polar surface area (TPSA) is 89.4 Å². The lowest BCUT2D eigenvalue weighted by molar-refractivity contribution is -0.136. The normalized spacial score (nSPS) is 29.9. The van der Waals surface area contributed by atoms with E-state index >= 15 is 0 Å². The van der Waals surface area contributed by atoms with Crippen molar-refractivity contribution in [2.75, 3.05) is 6.54 Å². The predicted octanol–water partition coefficient (Wildman–Crippen LogP) is 1.18. The fourth-order valence-electron chi connectivity index (χ4n) is 3.43. The fraction of sp³-hybridized carbons (Fsp3) is 0.857. The third-order valence-corrected chi connectivity index (χ3v) is 4.54. The fourth-order valence-corrected chi connectivity index (χ4v) is 3.43. The lowest BCUT2D eigenvalue weighted by Crippen LogP contribution is -2.46. The number of carbonyl (C=O) groups excluding carboxylic acids is 2. The highest BCUT2D eigenvalue weighted by molar-refractivity contribution is 5.85. The van der Waals surface area contributed by atoms with Crippen molar-refractivity contribution in [1.82, 2.24) is 4.90 Å². The summed E-state index contributed by atoms with van der Waals surface area (Å²) >= 11 is 0. The summed E-state index contributed by atoms with van der Waals surface area (Å²) in [6.45, 7) is 0.763. The first kappa shape index (κ1) is 17.2. The van der Waals surface area contributed by atoms with Gasteiger partial charge in [-0.2, -0.15) is 0 Å². The first-order valence-electron chi connectivity index (χ1n) is 7.41. The minimum atomic E-state index is -0.317. The van der Waals surface area contributed by atoms with Crippen LogP contribution < -0.4 is 11.5 Å². The number of primary amides is 1. The molecule has 2 fully saturated rings. The summed E-state index contributed by atoms with van der Waals surface area (Å²) in [6, 6.07) is 0.180. The predicted molar refractivity (Wildman–Crippen MR) is 80.3 cm³/mol. The van der Waals surface area contributed by atoms with Gasteiger partial charge in [0, 0.05) is 31.5 Å². The van der Waals surface area contributed by atoms with Crippen molar-refractivity contribution in [3.63, 3.8) is 0 Å². The summed E-state index contributed by atoms with van der Waals surface area (Å²) < 4.78 is 0. The number of nitrogens with zero attached hydrogens (tertiary/aromatic N) is 1. The summed E-state index contributed by atoms with van der Waals surface area (Å²) in [6.07, 6.45) is 7.04. The number of halogens is 1. The minimum Gasteiger partial charge on any atom is -0.370 e.